The standard InChI is InChI=1S/C13H13F3O3/c1-19-10-7-8(13(14,15)16)3-4-9(10)12(11(17)18)5-2-6-12/h3-4,7H,2,5-6H2,1H3,(H,17,18). The van der Waals surface area contributed by atoms with Gasteiger partial charge in [-0.15, -0.1) is 0 Å². The summed E-state index contributed by atoms with van der Waals surface area (Å²) in [5.41, 5.74) is -1.62. The van der Waals surface area contributed by atoms with Gasteiger partial charge in [0.1, 0.15) is 5.75 Å². The molecule has 2 rings (SSSR count). The minimum absolute atomic E-state index is 0.0167. The molecule has 3 nitrogen and oxygen atoms in total. The smallest absolute Gasteiger partial charge is 0.416 e. The zero-order valence-corrected chi connectivity index (χ0v) is 10.3. The molecule has 1 aromatic carbocycles. The molecule has 0 heterocycles. The summed E-state index contributed by atoms with van der Waals surface area (Å²) < 4.78 is 42.8. The highest BCUT2D eigenvalue weighted by Gasteiger charge is 2.48. The van der Waals surface area contributed by atoms with Gasteiger partial charge in [-0.25, -0.2) is 0 Å². The molecule has 19 heavy (non-hydrogen) atoms. The van der Waals surface area contributed by atoms with E-state index in [1.807, 2.05) is 0 Å². The molecule has 104 valence electrons. The van der Waals surface area contributed by atoms with E-state index in [1.165, 1.54) is 13.2 Å². The molecule has 6 heteroatoms. The van der Waals surface area contributed by atoms with E-state index in [1.54, 1.807) is 0 Å². The van der Waals surface area contributed by atoms with Gasteiger partial charge in [-0.3, -0.25) is 4.79 Å². The minimum Gasteiger partial charge on any atom is -0.496 e. The lowest BCUT2D eigenvalue weighted by Crippen LogP contribution is -2.42. The Morgan fingerprint density at radius 2 is 2.00 bits per heavy atom. The van der Waals surface area contributed by atoms with Crippen LogP contribution in [0.3, 0.4) is 0 Å². The number of carbonyl (C=O) groups is 1. The van der Waals surface area contributed by atoms with Crippen LogP contribution in [0.15, 0.2) is 18.2 Å². The van der Waals surface area contributed by atoms with Crippen LogP contribution in [0.1, 0.15) is 30.4 Å². The van der Waals surface area contributed by atoms with Crippen LogP contribution in [0.5, 0.6) is 5.75 Å². The van der Waals surface area contributed by atoms with Crippen molar-refractivity contribution in [1.29, 1.82) is 0 Å². The number of carboxylic acid groups (broad SMARTS) is 1. The predicted octanol–water partition coefficient (Wildman–Crippen LogP) is 3.22. The lowest BCUT2D eigenvalue weighted by Gasteiger charge is -2.38. The van der Waals surface area contributed by atoms with Crippen LogP contribution in [0.25, 0.3) is 0 Å². The van der Waals surface area contributed by atoms with Gasteiger partial charge in [-0.1, -0.05) is 12.5 Å². The molecule has 1 saturated carbocycles. The summed E-state index contributed by atoms with van der Waals surface area (Å²) in [6.45, 7) is 0. The highest BCUT2D eigenvalue weighted by atomic mass is 19.4. The number of alkyl halides is 3. The number of ether oxygens (including phenoxy) is 1. The quantitative estimate of drug-likeness (QED) is 0.920. The van der Waals surface area contributed by atoms with Crippen molar-refractivity contribution in [2.45, 2.75) is 30.9 Å². The molecular weight excluding hydrogens is 261 g/mol. The molecule has 0 aliphatic heterocycles. The molecule has 0 saturated heterocycles. The fourth-order valence-electron chi connectivity index (χ4n) is 2.39. The number of halogens is 3. The summed E-state index contributed by atoms with van der Waals surface area (Å²) >= 11 is 0. The summed E-state index contributed by atoms with van der Waals surface area (Å²) in [5, 5.41) is 9.31. The van der Waals surface area contributed by atoms with Gasteiger partial charge in [0.05, 0.1) is 18.1 Å². The van der Waals surface area contributed by atoms with Crippen molar-refractivity contribution in [3.63, 3.8) is 0 Å². The Balaban J connectivity index is 2.50. The first kappa shape index (κ1) is 13.7. The molecule has 0 radical (unpaired) electrons. The Morgan fingerprint density at radius 3 is 2.37 bits per heavy atom. The van der Waals surface area contributed by atoms with Crippen LogP contribution in [-0.2, 0) is 16.4 Å². The third kappa shape index (κ3) is 2.15. The van der Waals surface area contributed by atoms with Crippen molar-refractivity contribution < 1.29 is 27.8 Å². The second-order valence-electron chi connectivity index (χ2n) is 4.65. The highest BCUT2D eigenvalue weighted by molar-refractivity contribution is 5.83. The first-order valence-corrected chi connectivity index (χ1v) is 5.80. The van der Waals surface area contributed by atoms with Crippen molar-refractivity contribution in [3.8, 4) is 5.75 Å². The summed E-state index contributed by atoms with van der Waals surface area (Å²) in [6, 6.07) is 2.98. The molecule has 1 aromatic rings. The molecule has 0 bridgehead atoms. The average molecular weight is 274 g/mol. The Hall–Kier alpha value is -1.72. The SMILES string of the molecule is COc1cc(C(F)(F)F)ccc1C1(C(=O)O)CCC1. The Labute approximate surface area is 108 Å². The first-order valence-electron chi connectivity index (χ1n) is 5.80. The lowest BCUT2D eigenvalue weighted by atomic mass is 9.64. The number of rotatable bonds is 3. The van der Waals surface area contributed by atoms with Gasteiger partial charge >= 0.3 is 12.1 Å². The fraction of sp³-hybridized carbons (Fsp3) is 0.462. The third-order valence-corrected chi connectivity index (χ3v) is 3.66. The van der Waals surface area contributed by atoms with Crippen LogP contribution < -0.4 is 4.74 Å². The monoisotopic (exact) mass is 274 g/mol. The van der Waals surface area contributed by atoms with E-state index < -0.39 is 23.1 Å². The Kier molecular flexibility index (Phi) is 3.20. The Morgan fingerprint density at radius 1 is 1.37 bits per heavy atom. The van der Waals surface area contributed by atoms with Crippen LogP contribution >= 0.6 is 0 Å². The molecule has 1 aliphatic carbocycles. The summed E-state index contributed by atoms with van der Waals surface area (Å²) in [7, 11) is 1.24. The van der Waals surface area contributed by atoms with E-state index in [0.717, 1.165) is 18.6 Å². The average Bonchev–Trinajstić information content (AvgIpc) is 2.25. The van der Waals surface area contributed by atoms with Gasteiger partial charge in [-0.2, -0.15) is 13.2 Å². The van der Waals surface area contributed by atoms with Crippen LogP contribution in [0, 0.1) is 0 Å². The fourth-order valence-corrected chi connectivity index (χ4v) is 2.39. The van der Waals surface area contributed by atoms with Crippen molar-refractivity contribution >= 4 is 5.97 Å². The summed E-state index contributed by atoms with van der Waals surface area (Å²) in [4.78, 5) is 11.4. The summed E-state index contributed by atoms with van der Waals surface area (Å²) in [6.07, 6.45) is -2.88. The number of hydrogen-bond donors (Lipinski definition) is 1. The number of carboxylic acids is 1. The van der Waals surface area contributed by atoms with Crippen LogP contribution in [0.2, 0.25) is 0 Å². The molecule has 0 unspecified atom stereocenters. The van der Waals surface area contributed by atoms with E-state index >= 15 is 0 Å². The normalized spacial score (nSPS) is 17.7. The molecule has 0 spiro atoms. The van der Waals surface area contributed by atoms with Gasteiger partial charge in [0, 0.05) is 5.56 Å². The number of benzene rings is 1. The van der Waals surface area contributed by atoms with Crippen LogP contribution in [0.4, 0.5) is 13.2 Å². The third-order valence-electron chi connectivity index (χ3n) is 3.66. The van der Waals surface area contributed by atoms with Gasteiger partial charge in [0.15, 0.2) is 0 Å². The lowest BCUT2D eigenvalue weighted by molar-refractivity contribution is -0.147. The Bertz CT molecular complexity index is 504. The molecule has 0 amide bonds. The van der Waals surface area contributed by atoms with E-state index in [2.05, 4.69) is 0 Å². The van der Waals surface area contributed by atoms with Crippen molar-refractivity contribution in [3.05, 3.63) is 29.3 Å². The van der Waals surface area contributed by atoms with Crippen molar-refractivity contribution in [2.24, 2.45) is 0 Å². The molecule has 1 N–H and O–H groups in total. The predicted molar refractivity (Wildman–Crippen MR) is 61.2 cm³/mol. The van der Waals surface area contributed by atoms with Gasteiger partial charge in [-0.05, 0) is 25.0 Å². The highest BCUT2D eigenvalue weighted by Crippen LogP contribution is 2.48. The molecular formula is C13H13F3O3. The van der Waals surface area contributed by atoms with Crippen LogP contribution in [-0.4, -0.2) is 18.2 Å². The van der Waals surface area contributed by atoms with E-state index in [4.69, 9.17) is 4.74 Å². The van der Waals surface area contributed by atoms with Gasteiger partial charge in [0.2, 0.25) is 0 Å². The number of methoxy groups -OCH3 is 1. The maximum atomic E-state index is 12.6. The zero-order chi connectivity index (χ0) is 14.3. The largest absolute Gasteiger partial charge is 0.496 e. The maximum absolute atomic E-state index is 12.6. The van der Waals surface area contributed by atoms with E-state index in [-0.39, 0.29) is 5.75 Å². The topological polar surface area (TPSA) is 46.5 Å². The van der Waals surface area contributed by atoms with Crippen molar-refractivity contribution in [2.75, 3.05) is 7.11 Å². The molecule has 0 aromatic heterocycles. The van der Waals surface area contributed by atoms with Gasteiger partial charge in [0.25, 0.3) is 0 Å². The molecule has 0 atom stereocenters. The van der Waals surface area contributed by atoms with E-state index in [9.17, 15) is 23.1 Å². The molecule has 1 aliphatic rings. The second-order valence-corrected chi connectivity index (χ2v) is 4.65. The van der Waals surface area contributed by atoms with Crippen molar-refractivity contribution in [1.82, 2.24) is 0 Å². The van der Waals surface area contributed by atoms with E-state index in [0.29, 0.717) is 18.4 Å². The summed E-state index contributed by atoms with van der Waals surface area (Å²) in [5.74, 6) is -1.03. The first-order chi connectivity index (χ1) is 8.81. The zero-order valence-electron chi connectivity index (χ0n) is 10.3. The number of aliphatic carboxylic acids is 1. The second kappa shape index (κ2) is 4.43. The minimum atomic E-state index is -4.47. The van der Waals surface area contributed by atoms with Gasteiger partial charge < -0.3 is 9.84 Å². The molecule has 1 fully saturated rings. The maximum Gasteiger partial charge on any atom is 0.416 e. The number of hydrogen-bond acceptors (Lipinski definition) is 2.